The molecule has 8 nitrogen and oxygen atoms in total. The van der Waals surface area contributed by atoms with Crippen LogP contribution < -0.4 is 0 Å². The number of nitrogens with zero attached hydrogens (tertiary/aromatic N) is 6. The van der Waals surface area contributed by atoms with Crippen molar-refractivity contribution in [2.45, 2.75) is 6.54 Å². The molecule has 0 bridgehead atoms. The van der Waals surface area contributed by atoms with Gasteiger partial charge in [0.15, 0.2) is 0 Å². The lowest BCUT2D eigenvalue weighted by atomic mass is 10.7. The van der Waals surface area contributed by atoms with Crippen LogP contribution in [0.1, 0.15) is 0 Å². The summed E-state index contributed by atoms with van der Waals surface area (Å²) in [5.74, 6) is -0.624. The molecule has 14 heavy (non-hydrogen) atoms. The molecule has 0 saturated heterocycles. The molecule has 0 radical (unpaired) electrons. The first-order chi connectivity index (χ1) is 6.75. The van der Waals surface area contributed by atoms with E-state index in [1.54, 1.807) is 0 Å². The maximum atomic E-state index is 10.3. The fraction of sp³-hybridized carbons (Fsp3) is 0.167. The van der Waals surface area contributed by atoms with Crippen LogP contribution in [0.2, 0.25) is 0 Å². The van der Waals surface area contributed by atoms with Crippen LogP contribution in [0.25, 0.3) is 5.95 Å². The summed E-state index contributed by atoms with van der Waals surface area (Å²) in [7, 11) is 0. The Bertz CT molecular complexity index is 433. The number of aromatic nitrogens is 6. The van der Waals surface area contributed by atoms with Crippen molar-refractivity contribution in [1.82, 2.24) is 29.5 Å². The minimum Gasteiger partial charge on any atom is -0.480 e. The lowest BCUT2D eigenvalue weighted by Crippen LogP contribution is -2.09. The van der Waals surface area contributed by atoms with Crippen LogP contribution >= 0.6 is 0 Å². The Morgan fingerprint density at radius 1 is 1.36 bits per heavy atom. The van der Waals surface area contributed by atoms with Crippen LogP contribution in [-0.2, 0) is 11.3 Å². The van der Waals surface area contributed by atoms with Crippen LogP contribution in [0.15, 0.2) is 19.0 Å². The number of carboxylic acid groups (broad SMARTS) is 1. The van der Waals surface area contributed by atoms with E-state index in [0.29, 0.717) is 5.95 Å². The van der Waals surface area contributed by atoms with Gasteiger partial charge < -0.3 is 5.11 Å². The molecule has 0 atom stereocenters. The first-order valence-corrected chi connectivity index (χ1v) is 3.72. The molecule has 72 valence electrons. The Morgan fingerprint density at radius 3 is 2.71 bits per heavy atom. The van der Waals surface area contributed by atoms with Gasteiger partial charge in [0.2, 0.25) is 0 Å². The van der Waals surface area contributed by atoms with Crippen LogP contribution in [-0.4, -0.2) is 40.6 Å². The predicted molar refractivity (Wildman–Crippen MR) is 42.6 cm³/mol. The van der Waals surface area contributed by atoms with Gasteiger partial charge in [-0.1, -0.05) is 0 Å². The number of hydrogen-bond acceptors (Lipinski definition) is 5. The minimum atomic E-state index is -0.967. The minimum absolute atomic E-state index is 0.213. The van der Waals surface area contributed by atoms with Gasteiger partial charge in [-0.2, -0.15) is 4.98 Å². The number of carbonyl (C=O) groups is 1. The van der Waals surface area contributed by atoms with Gasteiger partial charge in [-0.05, 0) is 0 Å². The van der Waals surface area contributed by atoms with Crippen LogP contribution in [0.4, 0.5) is 0 Å². The fourth-order valence-corrected chi connectivity index (χ4v) is 0.922. The molecule has 1 N–H and O–H groups in total. The van der Waals surface area contributed by atoms with E-state index in [2.05, 4.69) is 20.3 Å². The van der Waals surface area contributed by atoms with Gasteiger partial charge in [-0.25, -0.2) is 4.68 Å². The van der Waals surface area contributed by atoms with Gasteiger partial charge in [-0.15, -0.1) is 15.3 Å². The van der Waals surface area contributed by atoms with E-state index < -0.39 is 5.97 Å². The molecule has 2 heterocycles. The van der Waals surface area contributed by atoms with Gasteiger partial charge in [0.25, 0.3) is 5.95 Å². The molecule has 0 unspecified atom stereocenters. The van der Waals surface area contributed by atoms with E-state index in [1.165, 1.54) is 28.2 Å². The Balaban J connectivity index is 2.22. The smallest absolute Gasteiger partial charge is 0.325 e. The topological polar surface area (TPSA) is 98.7 Å². The van der Waals surface area contributed by atoms with Crippen molar-refractivity contribution < 1.29 is 9.90 Å². The van der Waals surface area contributed by atoms with Crippen molar-refractivity contribution in [2.75, 3.05) is 0 Å². The van der Waals surface area contributed by atoms with Gasteiger partial charge in [-0.3, -0.25) is 9.36 Å². The number of rotatable bonds is 3. The maximum Gasteiger partial charge on any atom is 0.325 e. The summed E-state index contributed by atoms with van der Waals surface area (Å²) in [6, 6.07) is 0. The molecule has 8 heteroatoms. The molecule has 2 aromatic rings. The Morgan fingerprint density at radius 2 is 2.07 bits per heavy atom. The van der Waals surface area contributed by atoms with E-state index in [4.69, 9.17) is 5.11 Å². The zero-order valence-electron chi connectivity index (χ0n) is 6.98. The van der Waals surface area contributed by atoms with Crippen LogP contribution in [0, 0.1) is 0 Å². The third-order valence-corrected chi connectivity index (χ3v) is 1.47. The van der Waals surface area contributed by atoms with E-state index >= 15 is 0 Å². The highest BCUT2D eigenvalue weighted by Crippen LogP contribution is 1.96. The summed E-state index contributed by atoms with van der Waals surface area (Å²) in [5.41, 5.74) is 0. The van der Waals surface area contributed by atoms with E-state index in [0.717, 1.165) is 0 Å². The highest BCUT2D eigenvalue weighted by molar-refractivity contribution is 5.66. The second kappa shape index (κ2) is 3.24. The summed E-state index contributed by atoms with van der Waals surface area (Å²) < 4.78 is 2.70. The monoisotopic (exact) mass is 194 g/mol. The number of aliphatic carboxylic acids is 1. The van der Waals surface area contributed by atoms with E-state index in [1.807, 2.05) is 0 Å². The van der Waals surface area contributed by atoms with Crippen molar-refractivity contribution in [2.24, 2.45) is 0 Å². The number of hydrogen-bond donors (Lipinski definition) is 1. The standard InChI is InChI=1S/C6H6N6O2/c13-5(14)1-12-2-7-6(10-12)11-3-8-9-4-11/h2-4H,1H2,(H,13,14). The largest absolute Gasteiger partial charge is 0.480 e. The first kappa shape index (κ1) is 8.35. The second-order valence-electron chi connectivity index (χ2n) is 2.51. The summed E-state index contributed by atoms with van der Waals surface area (Å²) in [6.07, 6.45) is 4.20. The quantitative estimate of drug-likeness (QED) is 0.668. The number of carboxylic acids is 1. The van der Waals surface area contributed by atoms with Crippen LogP contribution in [0.3, 0.4) is 0 Å². The van der Waals surface area contributed by atoms with E-state index in [9.17, 15) is 4.79 Å². The zero-order chi connectivity index (χ0) is 9.97. The summed E-state index contributed by atoms with van der Waals surface area (Å²) >= 11 is 0. The fourth-order valence-electron chi connectivity index (χ4n) is 0.922. The van der Waals surface area contributed by atoms with Crippen molar-refractivity contribution in [3.05, 3.63) is 19.0 Å². The van der Waals surface area contributed by atoms with Crippen molar-refractivity contribution in [3.8, 4) is 5.95 Å². The molecule has 0 saturated carbocycles. The average Bonchev–Trinajstić information content (AvgIpc) is 2.69. The third-order valence-electron chi connectivity index (χ3n) is 1.47. The molecule has 0 aliphatic heterocycles. The molecule has 2 aromatic heterocycles. The summed E-state index contributed by atoms with van der Waals surface area (Å²) in [4.78, 5) is 14.2. The summed E-state index contributed by atoms with van der Waals surface area (Å²) in [5, 5.41) is 19.5. The zero-order valence-corrected chi connectivity index (χ0v) is 6.98. The Hall–Kier alpha value is -2.25. The molecule has 2 rings (SSSR count). The molecule has 0 aliphatic rings. The molecule has 0 aromatic carbocycles. The molecule has 0 amide bonds. The third kappa shape index (κ3) is 1.58. The van der Waals surface area contributed by atoms with Crippen molar-refractivity contribution in [3.63, 3.8) is 0 Å². The van der Waals surface area contributed by atoms with Gasteiger partial charge >= 0.3 is 5.97 Å². The lowest BCUT2D eigenvalue weighted by molar-refractivity contribution is -0.137. The van der Waals surface area contributed by atoms with Crippen molar-refractivity contribution >= 4 is 5.97 Å². The molecular weight excluding hydrogens is 188 g/mol. The highest BCUT2D eigenvalue weighted by Gasteiger charge is 2.05. The van der Waals surface area contributed by atoms with E-state index in [-0.39, 0.29) is 6.54 Å². The van der Waals surface area contributed by atoms with Gasteiger partial charge in [0, 0.05) is 0 Å². The van der Waals surface area contributed by atoms with Crippen LogP contribution in [0.5, 0.6) is 0 Å². The molecule has 0 fully saturated rings. The first-order valence-electron chi connectivity index (χ1n) is 3.72. The van der Waals surface area contributed by atoms with Gasteiger partial charge in [0.1, 0.15) is 25.5 Å². The van der Waals surface area contributed by atoms with Gasteiger partial charge in [0.05, 0.1) is 0 Å². The Kier molecular flexibility index (Phi) is 1.94. The summed E-state index contributed by atoms with van der Waals surface area (Å²) in [6.45, 7) is -0.213. The lowest BCUT2D eigenvalue weighted by Gasteiger charge is -1.92. The Labute approximate surface area is 77.8 Å². The SMILES string of the molecule is O=C(O)Cn1cnc(-n2cnnc2)n1. The second-order valence-corrected chi connectivity index (χ2v) is 2.51. The predicted octanol–water partition coefficient (Wildman–Crippen LogP) is -1.06. The van der Waals surface area contributed by atoms with Crippen molar-refractivity contribution in [1.29, 1.82) is 0 Å². The average molecular weight is 194 g/mol. The molecular formula is C6H6N6O2. The normalized spacial score (nSPS) is 10.3. The molecule has 0 spiro atoms. The molecule has 0 aliphatic carbocycles. The maximum absolute atomic E-state index is 10.3. The highest BCUT2D eigenvalue weighted by atomic mass is 16.4.